The number of rotatable bonds is 5. The molecule has 0 saturated heterocycles. The normalized spacial score (nSPS) is 11.2. The second kappa shape index (κ2) is 5.93. The summed E-state index contributed by atoms with van der Waals surface area (Å²) < 4.78 is 11.0. The van der Waals surface area contributed by atoms with Crippen LogP contribution in [0.3, 0.4) is 0 Å². The summed E-state index contributed by atoms with van der Waals surface area (Å²) >= 11 is 4.84. The fourth-order valence-corrected chi connectivity index (χ4v) is 1.25. The molecule has 0 fully saturated rings. The summed E-state index contributed by atoms with van der Waals surface area (Å²) in [6.07, 6.45) is 1.62. The van der Waals surface area contributed by atoms with Crippen molar-refractivity contribution in [1.82, 2.24) is 4.98 Å². The highest BCUT2D eigenvalue weighted by Crippen LogP contribution is 2.11. The minimum absolute atomic E-state index is 0.147. The second-order valence-electron chi connectivity index (χ2n) is 4.55. The SMILES string of the molecule is CC(C)(C)OCCOc1ccnc(C(N)=S)c1. The highest BCUT2D eigenvalue weighted by Gasteiger charge is 2.09. The monoisotopic (exact) mass is 254 g/mol. The van der Waals surface area contributed by atoms with Crippen LogP contribution in [0.5, 0.6) is 5.75 Å². The number of thiocarbonyl (C=S) groups is 1. The van der Waals surface area contributed by atoms with Gasteiger partial charge in [0.25, 0.3) is 0 Å². The van der Waals surface area contributed by atoms with Gasteiger partial charge in [0, 0.05) is 12.3 Å². The van der Waals surface area contributed by atoms with Gasteiger partial charge in [0.1, 0.15) is 23.0 Å². The quantitative estimate of drug-likeness (QED) is 0.642. The zero-order chi connectivity index (χ0) is 12.9. The zero-order valence-electron chi connectivity index (χ0n) is 10.4. The minimum Gasteiger partial charge on any atom is -0.491 e. The third-order valence-electron chi connectivity index (χ3n) is 1.87. The van der Waals surface area contributed by atoms with E-state index in [0.717, 1.165) is 0 Å². The van der Waals surface area contributed by atoms with Crippen molar-refractivity contribution in [1.29, 1.82) is 0 Å². The lowest BCUT2D eigenvalue weighted by Gasteiger charge is -2.19. The maximum Gasteiger partial charge on any atom is 0.123 e. The molecule has 5 heteroatoms. The Morgan fingerprint density at radius 3 is 2.71 bits per heavy atom. The van der Waals surface area contributed by atoms with Gasteiger partial charge in [-0.15, -0.1) is 0 Å². The molecule has 0 aliphatic rings. The van der Waals surface area contributed by atoms with E-state index in [1.807, 2.05) is 20.8 Å². The Morgan fingerprint density at radius 2 is 2.12 bits per heavy atom. The molecule has 0 radical (unpaired) electrons. The fraction of sp³-hybridized carbons (Fsp3) is 0.500. The molecule has 0 bridgehead atoms. The number of aromatic nitrogens is 1. The summed E-state index contributed by atoms with van der Waals surface area (Å²) in [4.78, 5) is 4.29. The number of ether oxygens (including phenoxy) is 2. The van der Waals surface area contributed by atoms with Crippen LogP contribution in [-0.4, -0.2) is 28.8 Å². The molecule has 2 N–H and O–H groups in total. The molecule has 1 rings (SSSR count). The fourth-order valence-electron chi connectivity index (χ4n) is 1.14. The second-order valence-corrected chi connectivity index (χ2v) is 4.99. The number of nitrogens with two attached hydrogens (primary N) is 1. The van der Waals surface area contributed by atoms with Crippen molar-refractivity contribution in [2.24, 2.45) is 5.73 Å². The van der Waals surface area contributed by atoms with Gasteiger partial charge in [-0.1, -0.05) is 12.2 Å². The first-order valence-electron chi connectivity index (χ1n) is 5.41. The van der Waals surface area contributed by atoms with Crippen molar-refractivity contribution >= 4 is 17.2 Å². The van der Waals surface area contributed by atoms with Crippen LogP contribution in [0.1, 0.15) is 26.5 Å². The largest absolute Gasteiger partial charge is 0.491 e. The van der Waals surface area contributed by atoms with Crippen molar-refractivity contribution in [2.45, 2.75) is 26.4 Å². The lowest BCUT2D eigenvalue weighted by atomic mass is 10.2. The van der Waals surface area contributed by atoms with Crippen molar-refractivity contribution in [3.8, 4) is 5.75 Å². The van der Waals surface area contributed by atoms with Crippen LogP contribution < -0.4 is 10.5 Å². The molecular formula is C12H18N2O2S. The number of nitrogens with zero attached hydrogens (tertiary/aromatic N) is 1. The molecule has 0 spiro atoms. The first kappa shape index (κ1) is 13.9. The van der Waals surface area contributed by atoms with Crippen LogP contribution in [0.25, 0.3) is 0 Å². The van der Waals surface area contributed by atoms with Gasteiger partial charge in [0.05, 0.1) is 12.2 Å². The maximum atomic E-state index is 5.54. The van der Waals surface area contributed by atoms with Crippen LogP contribution in [0.2, 0.25) is 0 Å². The van der Waals surface area contributed by atoms with Crippen LogP contribution in [-0.2, 0) is 4.74 Å². The summed E-state index contributed by atoms with van der Waals surface area (Å²) in [5.41, 5.74) is 5.90. The van der Waals surface area contributed by atoms with Crippen LogP contribution in [0, 0.1) is 0 Å². The number of hydrogen-bond donors (Lipinski definition) is 1. The van der Waals surface area contributed by atoms with E-state index in [4.69, 9.17) is 27.4 Å². The van der Waals surface area contributed by atoms with Crippen LogP contribution in [0.15, 0.2) is 18.3 Å². The molecule has 0 atom stereocenters. The Bertz CT molecular complexity index is 388. The Hall–Kier alpha value is -1.20. The molecule has 1 aromatic rings. The highest BCUT2D eigenvalue weighted by molar-refractivity contribution is 7.80. The van der Waals surface area contributed by atoms with Gasteiger partial charge in [-0.25, -0.2) is 0 Å². The topological polar surface area (TPSA) is 57.4 Å². The molecule has 0 unspecified atom stereocenters. The molecule has 94 valence electrons. The van der Waals surface area contributed by atoms with Gasteiger partial charge >= 0.3 is 0 Å². The van der Waals surface area contributed by atoms with Crippen molar-refractivity contribution in [2.75, 3.05) is 13.2 Å². The summed E-state index contributed by atoms with van der Waals surface area (Å²) in [7, 11) is 0. The van der Waals surface area contributed by atoms with Gasteiger partial charge in [0.15, 0.2) is 0 Å². The molecule has 4 nitrogen and oxygen atoms in total. The standard InChI is InChI=1S/C12H18N2O2S/c1-12(2,3)16-7-6-15-9-4-5-14-10(8-9)11(13)17/h4-5,8H,6-7H2,1-3H3,(H2,13,17). The maximum absolute atomic E-state index is 5.54. The first-order chi connectivity index (χ1) is 7.88. The smallest absolute Gasteiger partial charge is 0.123 e. The van der Waals surface area contributed by atoms with Crippen molar-refractivity contribution in [3.05, 3.63) is 24.0 Å². The van der Waals surface area contributed by atoms with E-state index < -0.39 is 0 Å². The summed E-state index contributed by atoms with van der Waals surface area (Å²) in [6, 6.07) is 3.48. The van der Waals surface area contributed by atoms with Gasteiger partial charge < -0.3 is 15.2 Å². The Kier molecular flexibility index (Phi) is 4.84. The molecular weight excluding hydrogens is 236 g/mol. The average Bonchev–Trinajstić information content (AvgIpc) is 2.23. The molecule has 1 heterocycles. The van der Waals surface area contributed by atoms with Gasteiger partial charge in [-0.3, -0.25) is 4.98 Å². The predicted molar refractivity (Wildman–Crippen MR) is 71.3 cm³/mol. The Morgan fingerprint density at radius 1 is 1.41 bits per heavy atom. The van der Waals surface area contributed by atoms with E-state index in [9.17, 15) is 0 Å². The average molecular weight is 254 g/mol. The van der Waals surface area contributed by atoms with E-state index in [1.165, 1.54) is 0 Å². The molecule has 0 aliphatic carbocycles. The third-order valence-corrected chi connectivity index (χ3v) is 2.08. The summed E-state index contributed by atoms with van der Waals surface area (Å²) in [5, 5.41) is 0. The molecule has 0 saturated carbocycles. The first-order valence-corrected chi connectivity index (χ1v) is 5.82. The lowest BCUT2D eigenvalue weighted by molar-refractivity contribution is -0.0163. The third kappa shape index (κ3) is 5.60. The zero-order valence-corrected chi connectivity index (χ0v) is 11.2. The van der Waals surface area contributed by atoms with Crippen LogP contribution in [0.4, 0.5) is 0 Å². The van der Waals surface area contributed by atoms with E-state index in [-0.39, 0.29) is 10.6 Å². The lowest BCUT2D eigenvalue weighted by Crippen LogP contribution is -2.22. The Labute approximate surface area is 107 Å². The van der Waals surface area contributed by atoms with Crippen LogP contribution >= 0.6 is 12.2 Å². The van der Waals surface area contributed by atoms with Crippen molar-refractivity contribution < 1.29 is 9.47 Å². The van der Waals surface area contributed by atoms with E-state index in [1.54, 1.807) is 18.3 Å². The van der Waals surface area contributed by atoms with E-state index in [0.29, 0.717) is 24.7 Å². The van der Waals surface area contributed by atoms with Gasteiger partial charge in [0.2, 0.25) is 0 Å². The molecule has 1 aromatic heterocycles. The Balaban J connectivity index is 2.42. The van der Waals surface area contributed by atoms with Gasteiger partial charge in [-0.05, 0) is 26.8 Å². The highest BCUT2D eigenvalue weighted by atomic mass is 32.1. The number of hydrogen-bond acceptors (Lipinski definition) is 4. The minimum atomic E-state index is -0.147. The summed E-state index contributed by atoms with van der Waals surface area (Å²) in [5.74, 6) is 0.695. The van der Waals surface area contributed by atoms with E-state index >= 15 is 0 Å². The summed E-state index contributed by atoms with van der Waals surface area (Å²) in [6.45, 7) is 7.03. The van der Waals surface area contributed by atoms with E-state index in [2.05, 4.69) is 4.98 Å². The molecule has 0 amide bonds. The molecule has 0 aromatic carbocycles. The predicted octanol–water partition coefficient (Wildman–Crippen LogP) is 1.91. The van der Waals surface area contributed by atoms with Gasteiger partial charge in [-0.2, -0.15) is 0 Å². The molecule has 0 aliphatic heterocycles. The number of pyridine rings is 1. The molecule has 17 heavy (non-hydrogen) atoms. The van der Waals surface area contributed by atoms with Crippen molar-refractivity contribution in [3.63, 3.8) is 0 Å².